The largest absolute Gasteiger partial charge is 0.493 e. The van der Waals surface area contributed by atoms with Crippen molar-refractivity contribution < 1.29 is 9.47 Å². The van der Waals surface area contributed by atoms with Crippen molar-refractivity contribution in [3.63, 3.8) is 0 Å². The summed E-state index contributed by atoms with van der Waals surface area (Å²) in [5.41, 5.74) is 2.47. The van der Waals surface area contributed by atoms with Gasteiger partial charge in [0.05, 0.1) is 14.2 Å². The number of aryl methyl sites for hydroxylation is 1. The molecule has 1 aromatic heterocycles. The zero-order chi connectivity index (χ0) is 15.4. The first-order valence-electron chi connectivity index (χ1n) is 6.66. The third-order valence-corrected chi connectivity index (χ3v) is 5.01. The minimum absolute atomic E-state index is 0.781. The number of rotatable bonds is 6. The molecule has 0 aliphatic carbocycles. The van der Waals surface area contributed by atoms with Crippen molar-refractivity contribution in [2.75, 3.05) is 21.3 Å². The minimum Gasteiger partial charge on any atom is -0.493 e. The zero-order valence-electron chi connectivity index (χ0n) is 12.8. The van der Waals surface area contributed by atoms with Gasteiger partial charge < -0.3 is 9.47 Å². The number of benzene rings is 1. The van der Waals surface area contributed by atoms with Crippen LogP contribution in [0, 0.1) is 6.92 Å². The summed E-state index contributed by atoms with van der Waals surface area (Å²) in [6.07, 6.45) is 0. The van der Waals surface area contributed by atoms with Crippen molar-refractivity contribution in [1.29, 1.82) is 0 Å². The summed E-state index contributed by atoms with van der Waals surface area (Å²) in [6.45, 7) is 3.92. The number of nitrogens with zero attached hydrogens (tertiary/aromatic N) is 1. The van der Waals surface area contributed by atoms with E-state index >= 15 is 0 Å². The third kappa shape index (κ3) is 4.22. The van der Waals surface area contributed by atoms with Gasteiger partial charge in [0.2, 0.25) is 0 Å². The van der Waals surface area contributed by atoms with Gasteiger partial charge in [-0.05, 0) is 59.2 Å². The van der Waals surface area contributed by atoms with E-state index in [2.05, 4.69) is 52.3 Å². The van der Waals surface area contributed by atoms with Crippen LogP contribution in [0.5, 0.6) is 11.5 Å². The van der Waals surface area contributed by atoms with E-state index in [1.54, 1.807) is 25.6 Å². The van der Waals surface area contributed by atoms with Crippen molar-refractivity contribution in [3.8, 4) is 11.5 Å². The Hall–Kier alpha value is -1.04. The second-order valence-corrected chi connectivity index (χ2v) is 6.95. The summed E-state index contributed by atoms with van der Waals surface area (Å²) < 4.78 is 11.9. The summed E-state index contributed by atoms with van der Waals surface area (Å²) in [6, 6.07) is 6.27. The number of hydrogen-bond acceptors (Lipinski definition) is 4. The number of ether oxygens (including phenoxy) is 2. The van der Waals surface area contributed by atoms with Crippen molar-refractivity contribution in [2.45, 2.75) is 20.0 Å². The highest BCUT2D eigenvalue weighted by atomic mass is 79.9. The molecular weight excluding hydrogens is 350 g/mol. The number of thiophene rings is 1. The van der Waals surface area contributed by atoms with Gasteiger partial charge >= 0.3 is 0 Å². The average molecular weight is 370 g/mol. The topological polar surface area (TPSA) is 21.7 Å². The molecular formula is C16H20BrNO2S. The van der Waals surface area contributed by atoms with Crippen LogP contribution in [0.15, 0.2) is 28.1 Å². The second kappa shape index (κ2) is 7.29. The molecule has 21 heavy (non-hydrogen) atoms. The van der Waals surface area contributed by atoms with Gasteiger partial charge in [-0.1, -0.05) is 0 Å². The fraction of sp³-hybridized carbons (Fsp3) is 0.375. The first kappa shape index (κ1) is 16.3. The zero-order valence-corrected chi connectivity index (χ0v) is 15.2. The smallest absolute Gasteiger partial charge is 0.161 e. The van der Waals surface area contributed by atoms with Crippen LogP contribution in [0.4, 0.5) is 0 Å². The van der Waals surface area contributed by atoms with Gasteiger partial charge in [-0.3, -0.25) is 4.90 Å². The fourth-order valence-corrected chi connectivity index (χ4v) is 3.77. The first-order valence-corrected chi connectivity index (χ1v) is 8.33. The maximum absolute atomic E-state index is 5.39. The highest BCUT2D eigenvalue weighted by Gasteiger charge is 2.11. The van der Waals surface area contributed by atoms with Crippen molar-refractivity contribution in [3.05, 3.63) is 44.1 Å². The molecule has 114 valence electrons. The van der Waals surface area contributed by atoms with E-state index in [0.717, 1.165) is 29.1 Å². The number of halogens is 1. The molecule has 2 rings (SSSR count). The molecule has 5 heteroatoms. The van der Waals surface area contributed by atoms with Gasteiger partial charge in [0.15, 0.2) is 11.5 Å². The highest BCUT2D eigenvalue weighted by molar-refractivity contribution is 9.10. The van der Waals surface area contributed by atoms with E-state index in [1.165, 1.54) is 16.0 Å². The summed E-state index contributed by atoms with van der Waals surface area (Å²) in [7, 11) is 5.46. The van der Waals surface area contributed by atoms with Gasteiger partial charge in [-0.25, -0.2) is 0 Å². The molecule has 0 aliphatic heterocycles. The van der Waals surface area contributed by atoms with Gasteiger partial charge in [0, 0.05) is 27.8 Å². The molecule has 0 saturated carbocycles. The quantitative estimate of drug-likeness (QED) is 0.749. The van der Waals surface area contributed by atoms with E-state index < -0.39 is 0 Å². The molecule has 0 unspecified atom stereocenters. The monoisotopic (exact) mass is 369 g/mol. The molecule has 0 saturated heterocycles. The molecule has 2 aromatic rings. The van der Waals surface area contributed by atoms with Crippen LogP contribution in [-0.4, -0.2) is 26.2 Å². The van der Waals surface area contributed by atoms with E-state index in [-0.39, 0.29) is 0 Å². The Morgan fingerprint density at radius 2 is 1.76 bits per heavy atom. The normalized spacial score (nSPS) is 11.0. The maximum atomic E-state index is 5.39. The highest BCUT2D eigenvalue weighted by Crippen LogP contribution is 2.31. The molecule has 0 amide bonds. The standard InChI is InChI=1S/C16H20BrNO2S/c1-11-5-15(19-3)16(20-4)6-12(11)8-18(2)9-14-7-13(17)10-21-14/h5-7,10H,8-9H2,1-4H3. The van der Waals surface area contributed by atoms with E-state index in [0.29, 0.717) is 0 Å². The molecule has 0 bridgehead atoms. The lowest BCUT2D eigenvalue weighted by Crippen LogP contribution is -2.17. The molecule has 0 atom stereocenters. The predicted octanol–water partition coefficient (Wildman–Crippen LogP) is 4.47. The lowest BCUT2D eigenvalue weighted by Gasteiger charge is -2.19. The second-order valence-electron chi connectivity index (χ2n) is 5.04. The van der Waals surface area contributed by atoms with Crippen LogP contribution in [-0.2, 0) is 13.1 Å². The van der Waals surface area contributed by atoms with Crippen LogP contribution in [0.2, 0.25) is 0 Å². The van der Waals surface area contributed by atoms with Crippen molar-refractivity contribution >= 4 is 27.3 Å². The van der Waals surface area contributed by atoms with Gasteiger partial charge in [0.25, 0.3) is 0 Å². The van der Waals surface area contributed by atoms with E-state index in [1.807, 2.05) is 6.07 Å². The van der Waals surface area contributed by atoms with Gasteiger partial charge in [0.1, 0.15) is 0 Å². The molecule has 0 spiro atoms. The summed E-state index contributed by atoms with van der Waals surface area (Å²) >= 11 is 5.27. The van der Waals surface area contributed by atoms with Crippen LogP contribution in [0.25, 0.3) is 0 Å². The Kier molecular flexibility index (Phi) is 5.67. The Bertz CT molecular complexity index is 612. The van der Waals surface area contributed by atoms with Gasteiger partial charge in [-0.2, -0.15) is 0 Å². The first-order chi connectivity index (χ1) is 10.0. The van der Waals surface area contributed by atoms with E-state index in [4.69, 9.17) is 9.47 Å². The molecule has 1 aromatic carbocycles. The molecule has 0 aliphatic rings. The Morgan fingerprint density at radius 1 is 1.10 bits per heavy atom. The average Bonchev–Trinajstić information content (AvgIpc) is 2.85. The Balaban J connectivity index is 2.11. The van der Waals surface area contributed by atoms with Crippen LogP contribution in [0.1, 0.15) is 16.0 Å². The molecule has 1 heterocycles. The summed E-state index contributed by atoms with van der Waals surface area (Å²) in [5.74, 6) is 1.56. The van der Waals surface area contributed by atoms with E-state index in [9.17, 15) is 0 Å². The van der Waals surface area contributed by atoms with Crippen molar-refractivity contribution in [1.82, 2.24) is 4.90 Å². The Labute approximate surface area is 138 Å². The predicted molar refractivity (Wildman–Crippen MR) is 91.5 cm³/mol. The molecule has 0 N–H and O–H groups in total. The lowest BCUT2D eigenvalue weighted by molar-refractivity contribution is 0.318. The minimum atomic E-state index is 0.781. The fourth-order valence-electron chi connectivity index (χ4n) is 2.24. The number of hydrogen-bond donors (Lipinski definition) is 0. The summed E-state index contributed by atoms with van der Waals surface area (Å²) in [4.78, 5) is 3.65. The molecule has 0 radical (unpaired) electrons. The maximum Gasteiger partial charge on any atom is 0.161 e. The van der Waals surface area contributed by atoms with Crippen molar-refractivity contribution in [2.24, 2.45) is 0 Å². The van der Waals surface area contributed by atoms with Crippen LogP contribution >= 0.6 is 27.3 Å². The Morgan fingerprint density at radius 3 is 2.33 bits per heavy atom. The lowest BCUT2D eigenvalue weighted by atomic mass is 10.1. The molecule has 0 fully saturated rings. The van der Waals surface area contributed by atoms with Crippen LogP contribution < -0.4 is 9.47 Å². The number of methoxy groups -OCH3 is 2. The van der Waals surface area contributed by atoms with Crippen LogP contribution in [0.3, 0.4) is 0 Å². The third-order valence-electron chi connectivity index (χ3n) is 3.33. The molecule has 3 nitrogen and oxygen atoms in total. The SMILES string of the molecule is COc1cc(C)c(CN(C)Cc2cc(Br)cs2)cc1OC. The summed E-state index contributed by atoms with van der Waals surface area (Å²) in [5, 5.41) is 2.12. The van der Waals surface area contributed by atoms with Gasteiger partial charge in [-0.15, -0.1) is 11.3 Å².